The van der Waals surface area contributed by atoms with Gasteiger partial charge in [-0.25, -0.2) is 9.98 Å². The summed E-state index contributed by atoms with van der Waals surface area (Å²) >= 11 is 0. The van der Waals surface area contributed by atoms with E-state index in [-0.39, 0.29) is 5.75 Å². The second-order valence-corrected chi connectivity index (χ2v) is 12.1. The number of benzene rings is 4. The van der Waals surface area contributed by atoms with Crippen LogP contribution in [0.4, 0.5) is 0 Å². The number of H-pyrrole nitrogens is 2. The van der Waals surface area contributed by atoms with Crippen molar-refractivity contribution in [1.82, 2.24) is 9.97 Å². The molecule has 5 heteroatoms. The Hall–Kier alpha value is -6.72. The summed E-state index contributed by atoms with van der Waals surface area (Å²) < 4.78 is 0. The van der Waals surface area contributed by atoms with E-state index >= 15 is 0 Å². The van der Waals surface area contributed by atoms with Crippen molar-refractivity contribution in [1.29, 1.82) is 0 Å². The minimum atomic E-state index is -0.106. The first-order chi connectivity index (χ1) is 24.2. The van der Waals surface area contributed by atoms with E-state index in [0.29, 0.717) is 17.0 Å². The lowest BCUT2D eigenvalue weighted by atomic mass is 9.95. The lowest BCUT2D eigenvalue weighted by Gasteiger charge is -2.18. The highest BCUT2D eigenvalue weighted by molar-refractivity contribution is 6.31. The fraction of sp³-hybridized carbons (Fsp3) is 0. The summed E-state index contributed by atoms with van der Waals surface area (Å²) in [7, 11) is 0. The zero-order valence-electron chi connectivity index (χ0n) is 26.4. The molecule has 9 rings (SSSR count). The molecule has 0 radical (unpaired) electrons. The maximum atomic E-state index is 14.7. The zero-order valence-corrected chi connectivity index (χ0v) is 26.4. The molecule has 4 aromatic carbocycles. The van der Waals surface area contributed by atoms with Crippen LogP contribution in [0, 0.1) is 0 Å². The molecular weight excluding hydrogens is 601 g/mol. The van der Waals surface area contributed by atoms with Crippen LogP contribution in [-0.4, -0.2) is 21.4 Å². The van der Waals surface area contributed by atoms with Crippen molar-refractivity contribution in [2.45, 2.75) is 0 Å². The lowest BCUT2D eigenvalue weighted by Crippen LogP contribution is -2.21. The van der Waals surface area contributed by atoms with Crippen molar-refractivity contribution in [3.8, 4) is 5.75 Å². The predicted octanol–water partition coefficient (Wildman–Crippen LogP) is 7.07. The number of hydrogen-bond donors (Lipinski definition) is 2. The van der Waals surface area contributed by atoms with Crippen LogP contribution in [-0.2, 0) is 0 Å². The number of aliphatic imine (C=N–C) groups is 2. The number of nitrogens with zero attached hydrogens (tertiary/aromatic N) is 2. The number of nitrogens with one attached hydrogen (secondary N) is 2. The van der Waals surface area contributed by atoms with Crippen LogP contribution in [0.2, 0.25) is 0 Å². The molecule has 0 amide bonds. The van der Waals surface area contributed by atoms with Gasteiger partial charge in [0.05, 0.1) is 22.8 Å². The van der Waals surface area contributed by atoms with E-state index in [0.717, 1.165) is 72.4 Å². The molecule has 0 saturated heterocycles. The van der Waals surface area contributed by atoms with Crippen molar-refractivity contribution >= 4 is 33.7 Å². The first-order valence-corrected chi connectivity index (χ1v) is 16.3. The number of aromatic nitrogens is 2. The average Bonchev–Trinajstić information content (AvgIpc) is 3.98. The third kappa shape index (κ3) is 4.96. The molecule has 0 spiro atoms. The Morgan fingerprint density at radius 1 is 0.429 bits per heavy atom. The van der Waals surface area contributed by atoms with Gasteiger partial charge in [0.15, 0.2) is 0 Å². The van der Waals surface area contributed by atoms with Crippen molar-refractivity contribution in [3.63, 3.8) is 0 Å². The van der Waals surface area contributed by atoms with Gasteiger partial charge in [0.1, 0.15) is 0 Å². The molecular formula is C44H29N4O-. The third-order valence-electron chi connectivity index (χ3n) is 9.13. The van der Waals surface area contributed by atoms with Gasteiger partial charge in [-0.15, -0.1) is 0 Å². The van der Waals surface area contributed by atoms with Crippen LogP contribution in [0.3, 0.4) is 0 Å². The monoisotopic (exact) mass is 629 g/mol. The molecule has 5 heterocycles. The van der Waals surface area contributed by atoms with Crippen LogP contribution in [0.25, 0.3) is 22.3 Å². The maximum Gasteiger partial charge on any atom is 0.0737 e. The zero-order chi connectivity index (χ0) is 32.7. The van der Waals surface area contributed by atoms with Crippen LogP contribution in [0.15, 0.2) is 185 Å². The summed E-state index contributed by atoms with van der Waals surface area (Å²) in [5.74, 6) is -0.106. The lowest BCUT2D eigenvalue weighted by molar-refractivity contribution is -0.268. The van der Waals surface area contributed by atoms with Crippen molar-refractivity contribution < 1.29 is 5.11 Å². The smallest absolute Gasteiger partial charge is 0.0737 e. The average molecular weight is 630 g/mol. The minimum absolute atomic E-state index is 0.106. The second kappa shape index (κ2) is 11.8. The van der Waals surface area contributed by atoms with E-state index in [1.54, 1.807) is 0 Å². The van der Waals surface area contributed by atoms with Gasteiger partial charge in [0, 0.05) is 44.9 Å². The van der Waals surface area contributed by atoms with Gasteiger partial charge in [0.2, 0.25) is 0 Å². The van der Waals surface area contributed by atoms with Crippen molar-refractivity contribution in [3.05, 3.63) is 220 Å². The van der Waals surface area contributed by atoms with Crippen LogP contribution in [0.1, 0.15) is 33.5 Å². The highest BCUT2D eigenvalue weighted by atomic mass is 16.3. The number of fused-ring (bicyclic) bond motifs is 6. The largest absolute Gasteiger partial charge is 0.871 e. The molecule has 6 aromatic rings. The van der Waals surface area contributed by atoms with E-state index in [2.05, 4.69) is 46.4 Å². The highest BCUT2D eigenvalue weighted by Crippen LogP contribution is 2.41. The van der Waals surface area contributed by atoms with Gasteiger partial charge in [0.25, 0.3) is 0 Å². The SMILES string of the molecule is [O-]c1c2c[nH]c1C(c1ccccc1)=C1C=CC(=N1)C(c1ccccc1)=c1ccc([nH]1)=C(c1ccccc1)C1=NC(=C2c2ccccc2)C=C1. The van der Waals surface area contributed by atoms with Crippen LogP contribution < -0.4 is 15.8 Å². The van der Waals surface area contributed by atoms with E-state index in [9.17, 15) is 5.11 Å². The molecule has 49 heavy (non-hydrogen) atoms. The summed E-state index contributed by atoms with van der Waals surface area (Å²) in [4.78, 5) is 17.7. The summed E-state index contributed by atoms with van der Waals surface area (Å²) in [6.07, 6.45) is 9.94. The fourth-order valence-electron chi connectivity index (χ4n) is 6.91. The van der Waals surface area contributed by atoms with Gasteiger partial charge < -0.3 is 15.1 Å². The van der Waals surface area contributed by atoms with Gasteiger partial charge in [-0.1, -0.05) is 127 Å². The Morgan fingerprint density at radius 2 is 0.837 bits per heavy atom. The maximum absolute atomic E-state index is 14.7. The molecule has 8 bridgehead atoms. The Morgan fingerprint density at radius 3 is 1.31 bits per heavy atom. The third-order valence-corrected chi connectivity index (χ3v) is 9.13. The highest BCUT2D eigenvalue weighted by Gasteiger charge is 2.24. The Kier molecular flexibility index (Phi) is 6.87. The quantitative estimate of drug-likeness (QED) is 0.215. The molecule has 0 saturated carbocycles. The van der Waals surface area contributed by atoms with E-state index in [1.807, 2.05) is 128 Å². The van der Waals surface area contributed by atoms with Crippen LogP contribution in [0.5, 0.6) is 5.75 Å². The first-order valence-electron chi connectivity index (χ1n) is 16.3. The number of hydrogen-bond acceptors (Lipinski definition) is 3. The van der Waals surface area contributed by atoms with E-state index < -0.39 is 0 Å². The van der Waals surface area contributed by atoms with Crippen LogP contribution >= 0.6 is 0 Å². The first kappa shape index (κ1) is 28.5. The molecule has 232 valence electrons. The predicted molar refractivity (Wildman–Crippen MR) is 196 cm³/mol. The van der Waals surface area contributed by atoms with E-state index in [4.69, 9.17) is 9.98 Å². The van der Waals surface area contributed by atoms with Crippen molar-refractivity contribution in [2.75, 3.05) is 0 Å². The normalized spacial score (nSPS) is 15.3. The molecule has 0 atom stereocenters. The summed E-state index contributed by atoms with van der Waals surface area (Å²) in [5.41, 5.74) is 11.4. The van der Waals surface area contributed by atoms with Gasteiger partial charge >= 0.3 is 0 Å². The molecule has 3 aliphatic rings. The van der Waals surface area contributed by atoms with E-state index in [1.165, 1.54) is 0 Å². The van der Waals surface area contributed by atoms with Gasteiger partial charge in [-0.05, 0) is 64.3 Å². The number of rotatable bonds is 4. The Balaban J connectivity index is 1.44. The Labute approximate surface area is 283 Å². The molecule has 2 N–H and O–H groups in total. The second-order valence-electron chi connectivity index (χ2n) is 12.1. The standard InChI is InChI=1S/C44H30N4O/c49-44-32-27-45-43(44)42(31-19-11-4-12-20-31)38-26-25-37(48-38)41(30-17-9-3-10-18-30)36-24-23-35(47-36)40(29-15-7-2-8-16-29)34-22-21-33(46-34)39(32)28-13-5-1-6-14-28/h1-27,45,47,49H/p-1. The van der Waals surface area contributed by atoms with Gasteiger partial charge in [-0.3, -0.25) is 0 Å². The summed E-state index contributed by atoms with van der Waals surface area (Å²) in [6, 6.07) is 44.9. The van der Waals surface area contributed by atoms with Gasteiger partial charge in [-0.2, -0.15) is 0 Å². The number of allylic oxidation sites excluding steroid dienone is 4. The summed E-state index contributed by atoms with van der Waals surface area (Å²) in [6.45, 7) is 0. The minimum Gasteiger partial charge on any atom is -0.871 e. The fourth-order valence-corrected chi connectivity index (χ4v) is 6.91. The summed E-state index contributed by atoms with van der Waals surface area (Å²) in [5, 5.41) is 16.6. The molecule has 3 aliphatic heterocycles. The molecule has 0 aliphatic carbocycles. The Bertz CT molecular complexity index is 2380. The van der Waals surface area contributed by atoms with Crippen molar-refractivity contribution in [2.24, 2.45) is 9.98 Å². The molecule has 0 fully saturated rings. The molecule has 5 nitrogen and oxygen atoms in total. The molecule has 2 aromatic heterocycles. The number of aromatic amines is 2. The molecule has 0 unspecified atom stereocenters. The topological polar surface area (TPSA) is 79.4 Å².